The van der Waals surface area contributed by atoms with E-state index in [0.717, 1.165) is 13.1 Å². The molecule has 1 saturated heterocycles. The summed E-state index contributed by atoms with van der Waals surface area (Å²) in [6.07, 6.45) is 3.60. The van der Waals surface area contributed by atoms with E-state index in [1.54, 1.807) is 42.7 Å². The van der Waals surface area contributed by atoms with Crippen molar-refractivity contribution >= 4 is 28.8 Å². The number of nitrogens with zero attached hydrogens (tertiary/aromatic N) is 1. The molecule has 0 radical (unpaired) electrons. The van der Waals surface area contributed by atoms with Gasteiger partial charge < -0.3 is 15.4 Å². The van der Waals surface area contributed by atoms with Gasteiger partial charge in [-0.05, 0) is 72.6 Å². The first-order valence-electron chi connectivity index (χ1n) is 9.17. The maximum absolute atomic E-state index is 12.3. The van der Waals surface area contributed by atoms with Gasteiger partial charge in [0, 0.05) is 12.2 Å². The molecule has 2 amide bonds. The highest BCUT2D eigenvalue weighted by Gasteiger charge is 2.24. The number of nitrogens with one attached hydrogen (secondary N) is 2. The molecule has 144 valence electrons. The van der Waals surface area contributed by atoms with Crippen LogP contribution in [0.15, 0.2) is 41.1 Å². The van der Waals surface area contributed by atoms with E-state index in [-0.39, 0.29) is 6.04 Å². The zero-order valence-corrected chi connectivity index (χ0v) is 16.3. The fraction of sp³-hybridized carbons (Fsp3) is 0.400. The summed E-state index contributed by atoms with van der Waals surface area (Å²) in [6.45, 7) is 2.47. The number of likely N-dealkylation sites (tertiary alicyclic amines) is 1. The quantitative estimate of drug-likeness (QED) is 0.748. The Bertz CT molecular complexity index is 740. The first kappa shape index (κ1) is 19.4. The lowest BCUT2D eigenvalue weighted by atomic mass is 10.0. The molecule has 1 atom stereocenters. The molecule has 3 rings (SSSR count). The molecule has 0 bridgehead atoms. The Morgan fingerprint density at radius 3 is 2.48 bits per heavy atom. The summed E-state index contributed by atoms with van der Waals surface area (Å²) in [4.78, 5) is 26.8. The highest BCUT2D eigenvalue weighted by molar-refractivity contribution is 7.08. The Morgan fingerprint density at radius 2 is 1.85 bits per heavy atom. The van der Waals surface area contributed by atoms with Crippen molar-refractivity contribution in [3.05, 3.63) is 46.7 Å². The Labute approximate surface area is 163 Å². The number of carbonyl (C=O) groups is 2. The minimum absolute atomic E-state index is 0.106. The van der Waals surface area contributed by atoms with Crippen molar-refractivity contribution in [2.75, 3.05) is 32.1 Å². The second kappa shape index (κ2) is 9.53. The van der Waals surface area contributed by atoms with Gasteiger partial charge in [-0.2, -0.15) is 11.3 Å². The molecule has 2 aromatic rings. The predicted molar refractivity (Wildman–Crippen MR) is 107 cm³/mol. The fourth-order valence-corrected chi connectivity index (χ4v) is 3.99. The maximum Gasteiger partial charge on any atom is 0.313 e. The van der Waals surface area contributed by atoms with Crippen molar-refractivity contribution in [2.45, 2.75) is 25.3 Å². The Balaban J connectivity index is 1.57. The minimum atomic E-state index is -0.664. The lowest BCUT2D eigenvalue weighted by Gasteiger charge is -2.34. The van der Waals surface area contributed by atoms with Gasteiger partial charge in [-0.25, -0.2) is 0 Å². The zero-order chi connectivity index (χ0) is 19.1. The third kappa shape index (κ3) is 5.30. The van der Waals surface area contributed by atoms with E-state index in [0.29, 0.717) is 18.0 Å². The van der Waals surface area contributed by atoms with E-state index in [9.17, 15) is 9.59 Å². The van der Waals surface area contributed by atoms with Crippen LogP contribution in [-0.2, 0) is 9.59 Å². The molecular weight excluding hydrogens is 362 g/mol. The standard InChI is InChI=1S/C20H25N3O3S/c1-26-17-7-5-16(6-8-17)22-20(25)19(24)21-13-18(15-9-12-27-14-15)23-10-3-2-4-11-23/h5-9,12,14,18H,2-4,10-11,13H2,1H3,(H,21,24)(H,22,25). The smallest absolute Gasteiger partial charge is 0.313 e. The Morgan fingerprint density at radius 1 is 1.11 bits per heavy atom. The van der Waals surface area contributed by atoms with E-state index in [1.807, 2.05) is 5.38 Å². The van der Waals surface area contributed by atoms with Crippen LogP contribution in [0.25, 0.3) is 0 Å². The van der Waals surface area contributed by atoms with Gasteiger partial charge in [0.2, 0.25) is 0 Å². The van der Waals surface area contributed by atoms with E-state index in [2.05, 4.69) is 27.0 Å². The van der Waals surface area contributed by atoms with Gasteiger partial charge in [-0.1, -0.05) is 6.42 Å². The average Bonchev–Trinajstić information content (AvgIpc) is 3.24. The minimum Gasteiger partial charge on any atom is -0.497 e. The van der Waals surface area contributed by atoms with Crippen molar-refractivity contribution in [2.24, 2.45) is 0 Å². The van der Waals surface area contributed by atoms with Crippen molar-refractivity contribution in [1.29, 1.82) is 0 Å². The van der Waals surface area contributed by atoms with Gasteiger partial charge in [0.15, 0.2) is 0 Å². The third-order valence-corrected chi connectivity index (χ3v) is 5.47. The third-order valence-electron chi connectivity index (χ3n) is 4.77. The predicted octanol–water partition coefficient (Wildman–Crippen LogP) is 3.04. The number of ether oxygens (including phenoxy) is 1. The van der Waals surface area contributed by atoms with Crippen LogP contribution in [0.2, 0.25) is 0 Å². The first-order chi connectivity index (χ1) is 13.2. The zero-order valence-electron chi connectivity index (χ0n) is 15.4. The monoisotopic (exact) mass is 387 g/mol. The molecule has 0 aliphatic carbocycles. The molecule has 0 spiro atoms. The number of benzene rings is 1. The van der Waals surface area contributed by atoms with Gasteiger partial charge in [0.25, 0.3) is 0 Å². The normalized spacial score (nSPS) is 15.7. The number of amides is 2. The molecule has 1 aliphatic heterocycles. The summed E-state index contributed by atoms with van der Waals surface area (Å²) in [5.74, 6) is -0.594. The fourth-order valence-electron chi connectivity index (χ4n) is 3.28. The van der Waals surface area contributed by atoms with E-state index >= 15 is 0 Å². The number of methoxy groups -OCH3 is 1. The summed E-state index contributed by atoms with van der Waals surface area (Å²) in [6, 6.07) is 9.06. The van der Waals surface area contributed by atoms with E-state index < -0.39 is 11.8 Å². The molecule has 2 heterocycles. The van der Waals surface area contributed by atoms with Crippen LogP contribution in [0.3, 0.4) is 0 Å². The van der Waals surface area contributed by atoms with Crippen molar-refractivity contribution in [1.82, 2.24) is 10.2 Å². The maximum atomic E-state index is 12.3. The largest absolute Gasteiger partial charge is 0.497 e. The highest BCUT2D eigenvalue weighted by atomic mass is 32.1. The van der Waals surface area contributed by atoms with E-state index in [1.165, 1.54) is 24.8 Å². The van der Waals surface area contributed by atoms with Gasteiger partial charge >= 0.3 is 11.8 Å². The van der Waals surface area contributed by atoms with Crippen LogP contribution in [0.5, 0.6) is 5.75 Å². The number of anilines is 1. The topological polar surface area (TPSA) is 70.7 Å². The van der Waals surface area contributed by atoms with Crippen LogP contribution in [-0.4, -0.2) is 43.5 Å². The molecule has 1 aromatic heterocycles. The van der Waals surface area contributed by atoms with Crippen LogP contribution in [0.4, 0.5) is 5.69 Å². The molecule has 1 aromatic carbocycles. The molecule has 7 heteroatoms. The first-order valence-corrected chi connectivity index (χ1v) is 10.1. The van der Waals surface area contributed by atoms with Crippen molar-refractivity contribution < 1.29 is 14.3 Å². The SMILES string of the molecule is COc1ccc(NC(=O)C(=O)NCC(c2ccsc2)N2CCCCC2)cc1. The van der Waals surface area contributed by atoms with Crippen LogP contribution < -0.4 is 15.4 Å². The summed E-state index contributed by atoms with van der Waals surface area (Å²) in [7, 11) is 1.58. The molecule has 1 fully saturated rings. The average molecular weight is 388 g/mol. The Kier molecular flexibility index (Phi) is 6.84. The van der Waals surface area contributed by atoms with E-state index in [4.69, 9.17) is 4.74 Å². The van der Waals surface area contributed by atoms with Gasteiger partial charge in [0.1, 0.15) is 5.75 Å². The molecule has 1 aliphatic rings. The molecule has 2 N–H and O–H groups in total. The summed E-state index contributed by atoms with van der Waals surface area (Å²) >= 11 is 1.65. The number of piperidine rings is 1. The van der Waals surface area contributed by atoms with Crippen LogP contribution >= 0.6 is 11.3 Å². The number of carbonyl (C=O) groups excluding carboxylic acids is 2. The van der Waals surface area contributed by atoms with Crippen LogP contribution in [0.1, 0.15) is 30.9 Å². The lowest BCUT2D eigenvalue weighted by Crippen LogP contribution is -2.43. The lowest BCUT2D eigenvalue weighted by molar-refractivity contribution is -0.136. The van der Waals surface area contributed by atoms with Gasteiger partial charge in [-0.3, -0.25) is 14.5 Å². The van der Waals surface area contributed by atoms with Gasteiger partial charge in [0.05, 0.1) is 13.2 Å². The second-order valence-corrected chi connectivity index (χ2v) is 7.34. The molecular formula is C20H25N3O3S. The molecule has 27 heavy (non-hydrogen) atoms. The molecule has 1 unspecified atom stereocenters. The number of hydrogen-bond acceptors (Lipinski definition) is 5. The molecule has 6 nitrogen and oxygen atoms in total. The van der Waals surface area contributed by atoms with Crippen molar-refractivity contribution in [3.8, 4) is 5.75 Å². The summed E-state index contributed by atoms with van der Waals surface area (Å²) < 4.78 is 5.08. The Hall–Kier alpha value is -2.38. The number of rotatable bonds is 6. The molecule has 0 saturated carbocycles. The number of hydrogen-bond donors (Lipinski definition) is 2. The van der Waals surface area contributed by atoms with Gasteiger partial charge in [-0.15, -0.1) is 0 Å². The van der Waals surface area contributed by atoms with Crippen molar-refractivity contribution in [3.63, 3.8) is 0 Å². The summed E-state index contributed by atoms with van der Waals surface area (Å²) in [5, 5.41) is 9.57. The number of thiophene rings is 1. The highest BCUT2D eigenvalue weighted by Crippen LogP contribution is 2.25. The van der Waals surface area contributed by atoms with Crippen LogP contribution in [0, 0.1) is 0 Å². The summed E-state index contributed by atoms with van der Waals surface area (Å²) in [5.41, 5.74) is 1.75. The second-order valence-electron chi connectivity index (χ2n) is 6.56.